The number of hydrogen-bond acceptors (Lipinski definition) is 7. The number of aromatic nitrogens is 3. The summed E-state index contributed by atoms with van der Waals surface area (Å²) in [5.41, 5.74) is 0.415. The summed E-state index contributed by atoms with van der Waals surface area (Å²) < 4.78 is 21.0. The predicted octanol–water partition coefficient (Wildman–Crippen LogP) is 3.99. The third-order valence-corrected chi connectivity index (χ3v) is 5.33. The van der Waals surface area contributed by atoms with Gasteiger partial charge in [-0.2, -0.15) is 4.98 Å². The van der Waals surface area contributed by atoms with Gasteiger partial charge in [0.15, 0.2) is 5.65 Å². The van der Waals surface area contributed by atoms with Gasteiger partial charge in [0.25, 0.3) is 5.56 Å². The summed E-state index contributed by atoms with van der Waals surface area (Å²) in [6.45, 7) is 0.762. The number of anilines is 2. The maximum Gasteiger partial charge on any atom is 0.293 e. The van der Waals surface area contributed by atoms with Crippen molar-refractivity contribution >= 4 is 34.3 Å². The lowest BCUT2D eigenvalue weighted by Gasteiger charge is -2.16. The fourth-order valence-corrected chi connectivity index (χ4v) is 3.59. The molecule has 10 heteroatoms. The minimum atomic E-state index is -0.610. The van der Waals surface area contributed by atoms with Crippen LogP contribution in [0, 0.1) is 5.82 Å². The molecular weight excluding hydrogens is 461 g/mol. The average Bonchev–Trinajstić information content (AvgIpc) is 2.81. The normalized spacial score (nSPS) is 11.1. The molecule has 0 aliphatic heterocycles. The number of nitrogens with zero attached hydrogens (tertiary/aromatic N) is 4. The van der Waals surface area contributed by atoms with E-state index in [0.717, 1.165) is 4.73 Å². The molecule has 2 aromatic carbocycles. The molecule has 0 aliphatic rings. The standard InChI is InChI=1S/C24H23ClFN5O3/c1-30(2)10-11-34-31-22-15(12-18(23(31)32)21-19(25)8-5-9-20(21)26)14-27-24(29-22)28-16-6-4-7-17(13-16)33-3/h4-9,12-14H,10-11H2,1-3H3,(H,27,28,29). The Hall–Kier alpha value is -3.69. The van der Waals surface area contributed by atoms with Gasteiger partial charge >= 0.3 is 0 Å². The van der Waals surface area contributed by atoms with Gasteiger partial charge in [-0.25, -0.2) is 9.37 Å². The van der Waals surface area contributed by atoms with Gasteiger partial charge in [0.2, 0.25) is 5.95 Å². The maximum atomic E-state index is 14.6. The second-order valence-corrected chi connectivity index (χ2v) is 8.13. The van der Waals surface area contributed by atoms with E-state index in [2.05, 4.69) is 15.3 Å². The Morgan fingerprint density at radius 2 is 1.97 bits per heavy atom. The van der Waals surface area contributed by atoms with Crippen LogP contribution in [0.15, 0.2) is 59.5 Å². The zero-order chi connectivity index (χ0) is 24.2. The van der Waals surface area contributed by atoms with Gasteiger partial charge in [0.05, 0.1) is 17.7 Å². The van der Waals surface area contributed by atoms with Gasteiger partial charge in [-0.1, -0.05) is 23.7 Å². The summed E-state index contributed by atoms with van der Waals surface area (Å²) in [5.74, 6) is 0.309. The molecule has 0 saturated carbocycles. The van der Waals surface area contributed by atoms with Gasteiger partial charge in [-0.15, -0.1) is 4.73 Å². The van der Waals surface area contributed by atoms with Crippen LogP contribution in [0.25, 0.3) is 22.2 Å². The molecule has 34 heavy (non-hydrogen) atoms. The molecule has 0 bridgehead atoms. The molecule has 2 heterocycles. The number of fused-ring (bicyclic) bond motifs is 1. The van der Waals surface area contributed by atoms with E-state index in [1.807, 2.05) is 37.2 Å². The fraction of sp³-hybridized carbons (Fsp3) is 0.208. The number of nitrogens with one attached hydrogen (secondary N) is 1. The van der Waals surface area contributed by atoms with Crippen LogP contribution in [0.5, 0.6) is 5.75 Å². The van der Waals surface area contributed by atoms with Crippen LogP contribution in [0.4, 0.5) is 16.0 Å². The second-order valence-electron chi connectivity index (χ2n) is 7.72. The van der Waals surface area contributed by atoms with Crippen molar-refractivity contribution in [3.8, 4) is 16.9 Å². The van der Waals surface area contributed by atoms with Crippen LogP contribution < -0.4 is 20.5 Å². The molecule has 0 amide bonds. The zero-order valence-corrected chi connectivity index (χ0v) is 19.6. The smallest absolute Gasteiger partial charge is 0.293 e. The summed E-state index contributed by atoms with van der Waals surface area (Å²) >= 11 is 6.24. The van der Waals surface area contributed by atoms with Crippen molar-refractivity contribution in [3.05, 3.63) is 75.9 Å². The Labute approximate surface area is 200 Å². The lowest BCUT2D eigenvalue weighted by molar-refractivity contribution is 0.0975. The highest BCUT2D eigenvalue weighted by Crippen LogP contribution is 2.30. The third kappa shape index (κ3) is 4.95. The SMILES string of the molecule is COc1cccc(Nc2ncc3cc(-c4c(F)cccc4Cl)c(=O)n(OCCN(C)C)c3n2)c1. The van der Waals surface area contributed by atoms with Crippen LogP contribution in [-0.4, -0.2) is 54.0 Å². The molecule has 0 saturated heterocycles. The minimum absolute atomic E-state index is 0.000363. The van der Waals surface area contributed by atoms with E-state index in [0.29, 0.717) is 23.4 Å². The molecule has 0 fully saturated rings. The van der Waals surface area contributed by atoms with Crippen LogP contribution in [0.1, 0.15) is 0 Å². The molecule has 0 unspecified atom stereocenters. The highest BCUT2D eigenvalue weighted by atomic mass is 35.5. The largest absolute Gasteiger partial charge is 0.497 e. The highest BCUT2D eigenvalue weighted by Gasteiger charge is 2.19. The van der Waals surface area contributed by atoms with Crippen LogP contribution in [-0.2, 0) is 0 Å². The monoisotopic (exact) mass is 483 g/mol. The average molecular weight is 484 g/mol. The van der Waals surface area contributed by atoms with E-state index in [-0.39, 0.29) is 34.4 Å². The molecule has 0 aliphatic carbocycles. The van der Waals surface area contributed by atoms with E-state index < -0.39 is 11.4 Å². The quantitative estimate of drug-likeness (QED) is 0.405. The van der Waals surface area contributed by atoms with E-state index in [1.54, 1.807) is 13.2 Å². The summed E-state index contributed by atoms with van der Waals surface area (Å²) in [6.07, 6.45) is 1.54. The van der Waals surface area contributed by atoms with Crippen molar-refractivity contribution in [1.82, 2.24) is 19.6 Å². The fourth-order valence-electron chi connectivity index (χ4n) is 3.33. The minimum Gasteiger partial charge on any atom is -0.497 e. The van der Waals surface area contributed by atoms with Gasteiger partial charge in [-0.3, -0.25) is 4.79 Å². The van der Waals surface area contributed by atoms with Gasteiger partial charge in [0, 0.05) is 35.4 Å². The van der Waals surface area contributed by atoms with Gasteiger partial charge in [-0.05, 0) is 44.4 Å². The Balaban J connectivity index is 1.83. The molecule has 4 aromatic rings. The van der Waals surface area contributed by atoms with Crippen LogP contribution in [0.3, 0.4) is 0 Å². The van der Waals surface area contributed by atoms with Crippen molar-refractivity contribution in [2.75, 3.05) is 39.7 Å². The number of methoxy groups -OCH3 is 1. The first-order chi connectivity index (χ1) is 16.4. The molecule has 176 valence electrons. The highest BCUT2D eigenvalue weighted by molar-refractivity contribution is 6.33. The molecular formula is C24H23ClFN5O3. The van der Waals surface area contributed by atoms with Crippen molar-refractivity contribution in [1.29, 1.82) is 0 Å². The first kappa shape index (κ1) is 23.5. The van der Waals surface area contributed by atoms with Gasteiger partial charge < -0.3 is 19.8 Å². The van der Waals surface area contributed by atoms with Crippen molar-refractivity contribution in [3.63, 3.8) is 0 Å². The lowest BCUT2D eigenvalue weighted by atomic mass is 10.1. The van der Waals surface area contributed by atoms with Crippen LogP contribution in [0.2, 0.25) is 5.02 Å². The first-order valence-electron chi connectivity index (χ1n) is 10.4. The maximum absolute atomic E-state index is 14.6. The molecule has 2 aromatic heterocycles. The Morgan fingerprint density at radius 3 is 2.71 bits per heavy atom. The Kier molecular flexibility index (Phi) is 6.95. The number of likely N-dealkylation sites (N-methyl/N-ethyl adjacent to an activating group) is 1. The number of pyridine rings is 1. The summed E-state index contributed by atoms with van der Waals surface area (Å²) in [6, 6.07) is 13.0. The number of benzene rings is 2. The molecule has 8 nitrogen and oxygen atoms in total. The molecule has 1 N–H and O–H groups in total. The van der Waals surface area contributed by atoms with E-state index in [9.17, 15) is 9.18 Å². The topological polar surface area (TPSA) is 81.5 Å². The molecule has 4 rings (SSSR count). The first-order valence-corrected chi connectivity index (χ1v) is 10.8. The molecule has 0 atom stereocenters. The summed E-state index contributed by atoms with van der Waals surface area (Å²) in [7, 11) is 5.35. The second kappa shape index (κ2) is 10.1. The third-order valence-electron chi connectivity index (χ3n) is 5.02. The Morgan fingerprint density at radius 1 is 1.18 bits per heavy atom. The molecule has 0 radical (unpaired) electrons. The summed E-state index contributed by atoms with van der Waals surface area (Å²) in [5, 5.41) is 3.69. The van der Waals surface area contributed by atoms with Gasteiger partial charge in [0.1, 0.15) is 18.2 Å². The van der Waals surface area contributed by atoms with Crippen molar-refractivity contribution < 1.29 is 14.0 Å². The van der Waals surface area contributed by atoms with E-state index in [1.165, 1.54) is 30.5 Å². The lowest BCUT2D eigenvalue weighted by Crippen LogP contribution is -2.33. The van der Waals surface area contributed by atoms with E-state index in [4.69, 9.17) is 21.2 Å². The number of halogens is 2. The predicted molar refractivity (Wildman–Crippen MR) is 130 cm³/mol. The number of rotatable bonds is 8. The van der Waals surface area contributed by atoms with E-state index >= 15 is 0 Å². The van der Waals surface area contributed by atoms with Crippen LogP contribution >= 0.6 is 11.6 Å². The Bertz CT molecular complexity index is 1370. The molecule has 0 spiro atoms. The number of ether oxygens (including phenoxy) is 1. The summed E-state index contributed by atoms with van der Waals surface area (Å²) in [4.78, 5) is 30.0. The van der Waals surface area contributed by atoms with Crippen molar-refractivity contribution in [2.45, 2.75) is 0 Å². The van der Waals surface area contributed by atoms with Crippen molar-refractivity contribution in [2.24, 2.45) is 0 Å². The number of hydrogen-bond donors (Lipinski definition) is 1. The zero-order valence-electron chi connectivity index (χ0n) is 18.9.